The zero-order chi connectivity index (χ0) is 19.6. The minimum absolute atomic E-state index is 0.194. The number of aromatic nitrogens is 2. The van der Waals surface area contributed by atoms with E-state index in [1.54, 1.807) is 26.4 Å². The van der Waals surface area contributed by atoms with Gasteiger partial charge < -0.3 is 20.1 Å². The van der Waals surface area contributed by atoms with Gasteiger partial charge in [-0.15, -0.1) is 10.2 Å². The van der Waals surface area contributed by atoms with E-state index in [4.69, 9.17) is 9.47 Å². The number of ether oxygens (including phenoxy) is 2. The summed E-state index contributed by atoms with van der Waals surface area (Å²) in [6.45, 7) is 5.57. The van der Waals surface area contributed by atoms with Gasteiger partial charge in [-0.05, 0) is 48.6 Å². The molecule has 1 aromatic heterocycles. The van der Waals surface area contributed by atoms with Crippen LogP contribution < -0.4 is 20.1 Å². The van der Waals surface area contributed by atoms with Crippen molar-refractivity contribution in [3.05, 3.63) is 41.6 Å². The molecular formula is C20H28N4O3. The molecule has 146 valence electrons. The van der Waals surface area contributed by atoms with Crippen LogP contribution in [0.2, 0.25) is 0 Å². The van der Waals surface area contributed by atoms with Crippen LogP contribution in [0.3, 0.4) is 0 Å². The molecule has 7 heteroatoms. The minimum Gasteiger partial charge on any atom is -0.493 e. The molecule has 27 heavy (non-hydrogen) atoms. The summed E-state index contributed by atoms with van der Waals surface area (Å²) >= 11 is 0. The number of amides is 1. The smallest absolute Gasteiger partial charge is 0.271 e. The lowest BCUT2D eigenvalue weighted by Crippen LogP contribution is -2.26. The van der Waals surface area contributed by atoms with Crippen molar-refractivity contribution in [2.75, 3.05) is 32.6 Å². The zero-order valence-corrected chi connectivity index (χ0v) is 16.4. The van der Waals surface area contributed by atoms with E-state index in [0.717, 1.165) is 18.4 Å². The largest absolute Gasteiger partial charge is 0.493 e. The number of carbonyl (C=O) groups is 1. The average Bonchev–Trinajstić information content (AvgIpc) is 2.68. The van der Waals surface area contributed by atoms with Gasteiger partial charge in [-0.3, -0.25) is 4.79 Å². The summed E-state index contributed by atoms with van der Waals surface area (Å²) < 4.78 is 10.6. The number of anilines is 1. The fourth-order valence-corrected chi connectivity index (χ4v) is 2.48. The Labute approximate surface area is 160 Å². The van der Waals surface area contributed by atoms with Crippen molar-refractivity contribution in [2.24, 2.45) is 5.92 Å². The Morgan fingerprint density at radius 3 is 2.44 bits per heavy atom. The quantitative estimate of drug-likeness (QED) is 0.667. The van der Waals surface area contributed by atoms with Crippen LogP contribution >= 0.6 is 0 Å². The zero-order valence-electron chi connectivity index (χ0n) is 16.4. The number of nitrogens with one attached hydrogen (secondary N) is 2. The number of carbonyl (C=O) groups excluding carboxylic acids is 1. The van der Waals surface area contributed by atoms with Crippen molar-refractivity contribution >= 4 is 11.7 Å². The molecule has 0 saturated heterocycles. The lowest BCUT2D eigenvalue weighted by molar-refractivity contribution is 0.0946. The lowest BCUT2D eigenvalue weighted by Gasteiger charge is -2.10. The van der Waals surface area contributed by atoms with Crippen LogP contribution in [0, 0.1) is 5.92 Å². The first-order chi connectivity index (χ1) is 13.0. The van der Waals surface area contributed by atoms with Gasteiger partial charge in [0.15, 0.2) is 17.2 Å². The van der Waals surface area contributed by atoms with Crippen molar-refractivity contribution in [3.63, 3.8) is 0 Å². The molecule has 0 aliphatic carbocycles. The van der Waals surface area contributed by atoms with Crippen LogP contribution in [0.15, 0.2) is 30.3 Å². The second kappa shape index (κ2) is 10.4. The first-order valence-corrected chi connectivity index (χ1v) is 9.10. The van der Waals surface area contributed by atoms with E-state index in [1.807, 2.05) is 18.2 Å². The SMILES string of the molecule is COc1ccc(CCNc2ccc(C(=O)NCCC(C)C)nn2)cc1OC. The molecule has 0 bridgehead atoms. The van der Waals surface area contributed by atoms with Gasteiger partial charge in [-0.25, -0.2) is 0 Å². The first-order valence-electron chi connectivity index (χ1n) is 9.10. The number of rotatable bonds is 10. The second-order valence-electron chi connectivity index (χ2n) is 6.61. The molecule has 2 rings (SSSR count). The van der Waals surface area contributed by atoms with Crippen LogP contribution in [0.4, 0.5) is 5.82 Å². The molecule has 0 saturated carbocycles. The van der Waals surface area contributed by atoms with Crippen molar-refractivity contribution in [1.82, 2.24) is 15.5 Å². The van der Waals surface area contributed by atoms with Crippen LogP contribution in [-0.2, 0) is 6.42 Å². The molecule has 1 aromatic carbocycles. The highest BCUT2D eigenvalue weighted by atomic mass is 16.5. The highest BCUT2D eigenvalue weighted by Crippen LogP contribution is 2.27. The third kappa shape index (κ3) is 6.44. The molecule has 0 radical (unpaired) electrons. The van der Waals surface area contributed by atoms with Crippen LogP contribution in [0.5, 0.6) is 11.5 Å². The molecule has 2 N–H and O–H groups in total. The molecule has 1 amide bonds. The fraction of sp³-hybridized carbons (Fsp3) is 0.450. The minimum atomic E-state index is -0.194. The van der Waals surface area contributed by atoms with Crippen molar-refractivity contribution in [2.45, 2.75) is 26.7 Å². The first kappa shape index (κ1) is 20.5. The summed E-state index contributed by atoms with van der Waals surface area (Å²) in [6, 6.07) is 9.28. The molecule has 1 heterocycles. The second-order valence-corrected chi connectivity index (χ2v) is 6.61. The number of hydrogen-bond acceptors (Lipinski definition) is 6. The molecule has 0 aliphatic rings. The van der Waals surface area contributed by atoms with Gasteiger partial charge in [0.1, 0.15) is 5.82 Å². The molecule has 7 nitrogen and oxygen atoms in total. The molecule has 0 unspecified atom stereocenters. The van der Waals surface area contributed by atoms with Gasteiger partial charge in [-0.1, -0.05) is 19.9 Å². The molecule has 0 atom stereocenters. The molecule has 0 fully saturated rings. The summed E-state index contributed by atoms with van der Waals surface area (Å²) in [5, 5.41) is 14.1. The van der Waals surface area contributed by atoms with E-state index in [1.165, 1.54) is 0 Å². The van der Waals surface area contributed by atoms with Crippen molar-refractivity contribution in [3.8, 4) is 11.5 Å². The van der Waals surface area contributed by atoms with Gasteiger partial charge in [0, 0.05) is 13.1 Å². The van der Waals surface area contributed by atoms with E-state index in [0.29, 0.717) is 42.0 Å². The lowest BCUT2D eigenvalue weighted by atomic mass is 10.1. The number of benzene rings is 1. The third-order valence-electron chi connectivity index (χ3n) is 4.07. The summed E-state index contributed by atoms with van der Waals surface area (Å²) in [5.74, 6) is 2.41. The van der Waals surface area contributed by atoms with Gasteiger partial charge in [-0.2, -0.15) is 0 Å². The normalized spacial score (nSPS) is 10.6. The standard InChI is InChI=1S/C20H28N4O3/c1-14(2)9-11-22-20(25)16-6-8-19(24-23-16)21-12-10-15-5-7-17(26-3)18(13-15)27-4/h5-8,13-14H,9-12H2,1-4H3,(H,21,24)(H,22,25). The van der Waals surface area contributed by atoms with Crippen molar-refractivity contribution < 1.29 is 14.3 Å². The topological polar surface area (TPSA) is 85.4 Å². The van der Waals surface area contributed by atoms with E-state index >= 15 is 0 Å². The average molecular weight is 372 g/mol. The van der Waals surface area contributed by atoms with Gasteiger partial charge >= 0.3 is 0 Å². The molecule has 0 aliphatic heterocycles. The fourth-order valence-electron chi connectivity index (χ4n) is 2.48. The Balaban J connectivity index is 1.82. The number of methoxy groups -OCH3 is 2. The van der Waals surface area contributed by atoms with Gasteiger partial charge in [0.05, 0.1) is 14.2 Å². The van der Waals surface area contributed by atoms with Crippen LogP contribution in [0.1, 0.15) is 36.3 Å². The van der Waals surface area contributed by atoms with Crippen molar-refractivity contribution in [1.29, 1.82) is 0 Å². The molecule has 2 aromatic rings. The van der Waals surface area contributed by atoms with Crippen LogP contribution in [-0.4, -0.2) is 43.4 Å². The Morgan fingerprint density at radius 2 is 1.81 bits per heavy atom. The van der Waals surface area contributed by atoms with Crippen LogP contribution in [0.25, 0.3) is 0 Å². The maximum Gasteiger partial charge on any atom is 0.271 e. The predicted octanol–water partition coefficient (Wildman–Crippen LogP) is 2.92. The molecule has 0 spiro atoms. The maximum atomic E-state index is 12.0. The predicted molar refractivity (Wildman–Crippen MR) is 106 cm³/mol. The number of hydrogen-bond donors (Lipinski definition) is 2. The summed E-state index contributed by atoms with van der Waals surface area (Å²) in [4.78, 5) is 12.0. The van der Waals surface area contributed by atoms with E-state index in [2.05, 4.69) is 34.7 Å². The third-order valence-corrected chi connectivity index (χ3v) is 4.07. The van der Waals surface area contributed by atoms with E-state index in [9.17, 15) is 4.79 Å². The number of nitrogens with zero attached hydrogens (tertiary/aromatic N) is 2. The molecular weight excluding hydrogens is 344 g/mol. The Kier molecular flexibility index (Phi) is 7.85. The van der Waals surface area contributed by atoms with Gasteiger partial charge in [0.25, 0.3) is 5.91 Å². The summed E-state index contributed by atoms with van der Waals surface area (Å²) in [7, 11) is 3.24. The maximum absolute atomic E-state index is 12.0. The highest BCUT2D eigenvalue weighted by Gasteiger charge is 2.08. The summed E-state index contributed by atoms with van der Waals surface area (Å²) in [6.07, 6.45) is 1.73. The Bertz CT molecular complexity index is 733. The monoisotopic (exact) mass is 372 g/mol. The summed E-state index contributed by atoms with van der Waals surface area (Å²) in [5.41, 5.74) is 1.44. The highest BCUT2D eigenvalue weighted by molar-refractivity contribution is 5.92. The van der Waals surface area contributed by atoms with Gasteiger partial charge in [0.2, 0.25) is 0 Å². The van der Waals surface area contributed by atoms with E-state index in [-0.39, 0.29) is 5.91 Å². The Morgan fingerprint density at radius 1 is 1.04 bits per heavy atom. The Hall–Kier alpha value is -2.83. The van der Waals surface area contributed by atoms with E-state index < -0.39 is 0 Å².